The Bertz CT molecular complexity index is 723. The van der Waals surface area contributed by atoms with Crippen LogP contribution < -0.4 is 5.63 Å². The lowest BCUT2D eigenvalue weighted by Crippen LogP contribution is -2.18. The van der Waals surface area contributed by atoms with E-state index < -0.39 is 29.4 Å². The Labute approximate surface area is 124 Å². The number of rotatable bonds is 5. The number of carbonyl (C=O) groups is 1. The molecule has 0 saturated carbocycles. The van der Waals surface area contributed by atoms with Crippen LogP contribution >= 0.6 is 11.6 Å². The molecule has 0 spiro atoms. The molecule has 0 aliphatic carbocycles. The zero-order valence-electron chi connectivity index (χ0n) is 10.8. The minimum Gasteiger partial charge on any atom is -0.477 e. The standard InChI is InChI=1S/C14H13ClO6/c15-4-3-10(16)12(17)7-1-2-11-8(5-7)6-9(13(18)19)14(20)21-11/h1-2,5-6,10,12,16-17H,3-4H2,(H,18,19). The molecule has 0 amide bonds. The van der Waals surface area contributed by atoms with Crippen LogP contribution in [0.1, 0.15) is 28.4 Å². The fraction of sp³-hybridized carbons (Fsp3) is 0.286. The maximum atomic E-state index is 11.4. The topological polar surface area (TPSA) is 108 Å². The lowest BCUT2D eigenvalue weighted by Gasteiger charge is -2.17. The van der Waals surface area contributed by atoms with Gasteiger partial charge >= 0.3 is 11.6 Å². The third-order valence-corrected chi connectivity index (χ3v) is 3.32. The third-order valence-electron chi connectivity index (χ3n) is 3.10. The molecular weight excluding hydrogens is 300 g/mol. The van der Waals surface area contributed by atoms with Crippen LogP contribution in [0.3, 0.4) is 0 Å². The van der Waals surface area contributed by atoms with Crippen LogP contribution in [0.4, 0.5) is 0 Å². The first kappa shape index (κ1) is 15.5. The van der Waals surface area contributed by atoms with Gasteiger partial charge in [0.1, 0.15) is 17.3 Å². The van der Waals surface area contributed by atoms with Gasteiger partial charge in [0.05, 0.1) is 6.10 Å². The third kappa shape index (κ3) is 3.24. The fourth-order valence-corrected chi connectivity index (χ4v) is 2.19. The van der Waals surface area contributed by atoms with E-state index in [1.807, 2.05) is 0 Å². The Hall–Kier alpha value is -1.89. The molecule has 2 aromatic rings. The predicted octanol–water partition coefficient (Wildman–Crippen LogP) is 1.51. The van der Waals surface area contributed by atoms with E-state index in [0.717, 1.165) is 0 Å². The Balaban J connectivity index is 2.47. The monoisotopic (exact) mass is 312 g/mol. The average molecular weight is 313 g/mol. The van der Waals surface area contributed by atoms with Crippen LogP contribution in [0, 0.1) is 0 Å². The van der Waals surface area contributed by atoms with Crippen molar-refractivity contribution in [3.8, 4) is 0 Å². The van der Waals surface area contributed by atoms with Gasteiger partial charge in [-0.2, -0.15) is 0 Å². The van der Waals surface area contributed by atoms with E-state index in [4.69, 9.17) is 21.1 Å². The number of carboxylic acids is 1. The van der Waals surface area contributed by atoms with Crippen LogP contribution in [-0.4, -0.2) is 33.3 Å². The fourth-order valence-electron chi connectivity index (χ4n) is 1.97. The smallest absolute Gasteiger partial charge is 0.351 e. The van der Waals surface area contributed by atoms with Crippen LogP contribution in [0.25, 0.3) is 11.0 Å². The summed E-state index contributed by atoms with van der Waals surface area (Å²) in [5, 5.41) is 29.0. The molecule has 21 heavy (non-hydrogen) atoms. The zero-order chi connectivity index (χ0) is 15.6. The van der Waals surface area contributed by atoms with Crippen molar-refractivity contribution in [1.29, 1.82) is 0 Å². The molecule has 0 aliphatic rings. The number of alkyl halides is 1. The lowest BCUT2D eigenvalue weighted by molar-refractivity contribution is 0.0170. The average Bonchev–Trinajstić information content (AvgIpc) is 2.45. The summed E-state index contributed by atoms with van der Waals surface area (Å²) in [5.41, 5.74) is -0.848. The van der Waals surface area contributed by atoms with Crippen molar-refractivity contribution in [2.75, 3.05) is 5.88 Å². The molecule has 0 saturated heterocycles. The summed E-state index contributed by atoms with van der Waals surface area (Å²) in [7, 11) is 0. The summed E-state index contributed by atoms with van der Waals surface area (Å²) in [6.45, 7) is 0. The van der Waals surface area contributed by atoms with Gasteiger partial charge in [-0.25, -0.2) is 9.59 Å². The largest absolute Gasteiger partial charge is 0.477 e. The first-order chi connectivity index (χ1) is 9.93. The second-order valence-corrected chi connectivity index (χ2v) is 4.92. The van der Waals surface area contributed by atoms with Gasteiger partial charge in [0.2, 0.25) is 0 Å². The Kier molecular flexibility index (Phi) is 4.62. The number of hydrogen-bond donors (Lipinski definition) is 3. The molecule has 2 unspecified atom stereocenters. The molecular formula is C14H13ClO6. The molecule has 2 rings (SSSR count). The van der Waals surface area contributed by atoms with Crippen LogP contribution in [-0.2, 0) is 0 Å². The van der Waals surface area contributed by atoms with Gasteiger partial charge in [-0.15, -0.1) is 11.6 Å². The van der Waals surface area contributed by atoms with E-state index >= 15 is 0 Å². The molecule has 3 N–H and O–H groups in total. The van der Waals surface area contributed by atoms with Gasteiger partial charge in [0.15, 0.2) is 0 Å². The van der Waals surface area contributed by atoms with Crippen molar-refractivity contribution in [2.24, 2.45) is 0 Å². The van der Waals surface area contributed by atoms with Crippen LogP contribution in [0.15, 0.2) is 33.5 Å². The van der Waals surface area contributed by atoms with Crippen molar-refractivity contribution < 1.29 is 24.5 Å². The molecule has 0 bridgehead atoms. The van der Waals surface area contributed by atoms with Gasteiger partial charge < -0.3 is 19.7 Å². The van der Waals surface area contributed by atoms with E-state index in [9.17, 15) is 19.8 Å². The maximum absolute atomic E-state index is 11.4. The number of benzene rings is 1. The van der Waals surface area contributed by atoms with Crippen LogP contribution in [0.5, 0.6) is 0 Å². The highest BCUT2D eigenvalue weighted by molar-refractivity contribution is 6.17. The van der Waals surface area contributed by atoms with Gasteiger partial charge in [0.25, 0.3) is 0 Å². The minimum absolute atomic E-state index is 0.198. The van der Waals surface area contributed by atoms with E-state index in [-0.39, 0.29) is 17.9 Å². The molecule has 0 aliphatic heterocycles. The number of fused-ring (bicyclic) bond motifs is 1. The van der Waals surface area contributed by atoms with E-state index in [0.29, 0.717) is 10.9 Å². The first-order valence-electron chi connectivity index (χ1n) is 6.17. The normalized spacial score (nSPS) is 14.0. The maximum Gasteiger partial charge on any atom is 0.351 e. The summed E-state index contributed by atoms with van der Waals surface area (Å²) in [5.74, 6) is -1.19. The second kappa shape index (κ2) is 6.26. The summed E-state index contributed by atoms with van der Waals surface area (Å²) in [6.07, 6.45) is -1.98. The molecule has 0 fully saturated rings. The van der Waals surface area contributed by atoms with Gasteiger partial charge in [-0.05, 0) is 30.2 Å². The summed E-state index contributed by atoms with van der Waals surface area (Å²) >= 11 is 5.51. The van der Waals surface area contributed by atoms with Crippen molar-refractivity contribution in [1.82, 2.24) is 0 Å². The van der Waals surface area contributed by atoms with Crippen molar-refractivity contribution >= 4 is 28.5 Å². The number of aliphatic hydroxyl groups excluding tert-OH is 2. The highest BCUT2D eigenvalue weighted by Gasteiger charge is 2.19. The molecule has 1 aromatic carbocycles. The lowest BCUT2D eigenvalue weighted by atomic mass is 10.0. The Morgan fingerprint density at radius 3 is 2.62 bits per heavy atom. The van der Waals surface area contributed by atoms with Crippen molar-refractivity contribution in [2.45, 2.75) is 18.6 Å². The number of hydrogen-bond acceptors (Lipinski definition) is 5. The minimum atomic E-state index is -1.39. The molecule has 112 valence electrons. The Morgan fingerprint density at radius 2 is 2.00 bits per heavy atom. The molecule has 7 heteroatoms. The molecule has 1 aromatic heterocycles. The number of halogens is 1. The summed E-state index contributed by atoms with van der Waals surface area (Å²) in [4.78, 5) is 22.3. The van der Waals surface area contributed by atoms with E-state index in [2.05, 4.69) is 0 Å². The molecule has 0 radical (unpaired) electrons. The van der Waals surface area contributed by atoms with Gasteiger partial charge in [-0.3, -0.25) is 0 Å². The van der Waals surface area contributed by atoms with Crippen molar-refractivity contribution in [3.05, 3.63) is 45.8 Å². The predicted molar refractivity (Wildman–Crippen MR) is 75.7 cm³/mol. The highest BCUT2D eigenvalue weighted by atomic mass is 35.5. The van der Waals surface area contributed by atoms with Gasteiger partial charge in [-0.1, -0.05) is 6.07 Å². The molecule has 6 nitrogen and oxygen atoms in total. The Morgan fingerprint density at radius 1 is 1.29 bits per heavy atom. The van der Waals surface area contributed by atoms with Crippen molar-refractivity contribution in [3.63, 3.8) is 0 Å². The second-order valence-electron chi connectivity index (χ2n) is 4.54. The van der Waals surface area contributed by atoms with Crippen LogP contribution in [0.2, 0.25) is 0 Å². The summed E-state index contributed by atoms with van der Waals surface area (Å²) < 4.78 is 4.90. The first-order valence-corrected chi connectivity index (χ1v) is 6.70. The number of aromatic carboxylic acids is 1. The summed E-state index contributed by atoms with van der Waals surface area (Å²) in [6, 6.07) is 5.57. The zero-order valence-corrected chi connectivity index (χ0v) is 11.6. The SMILES string of the molecule is O=C(O)c1cc2cc(C(O)C(O)CCCl)ccc2oc1=O. The number of aliphatic hydroxyl groups is 2. The van der Waals surface area contributed by atoms with Gasteiger partial charge in [0, 0.05) is 11.3 Å². The highest BCUT2D eigenvalue weighted by Crippen LogP contribution is 2.24. The van der Waals surface area contributed by atoms with E-state index in [1.165, 1.54) is 24.3 Å². The molecule has 2 atom stereocenters. The quantitative estimate of drug-likeness (QED) is 0.570. The van der Waals surface area contributed by atoms with E-state index in [1.54, 1.807) is 0 Å². The number of carboxylic acid groups (broad SMARTS) is 1. The molecule has 1 heterocycles.